The van der Waals surface area contributed by atoms with Crippen molar-refractivity contribution in [3.8, 4) is 11.5 Å². The number of carbonyl (C=O) groups excluding carboxylic acids is 2. The summed E-state index contributed by atoms with van der Waals surface area (Å²) in [5.74, 6) is 0.707. The van der Waals surface area contributed by atoms with Gasteiger partial charge in [-0.25, -0.2) is 4.79 Å². The van der Waals surface area contributed by atoms with E-state index in [0.717, 1.165) is 18.6 Å². The molecule has 31 heavy (non-hydrogen) atoms. The van der Waals surface area contributed by atoms with Gasteiger partial charge in [-0.2, -0.15) is 10.2 Å². The van der Waals surface area contributed by atoms with Gasteiger partial charge in [0, 0.05) is 5.56 Å². The van der Waals surface area contributed by atoms with Gasteiger partial charge in [-0.1, -0.05) is 13.3 Å². The SMILES string of the molecule is CCCCOc1ccc(C(=O)Oc2ccc(N=Nc3ccc(C(C)=O)cc3)cc2)cc1. The van der Waals surface area contributed by atoms with Gasteiger partial charge in [0.1, 0.15) is 11.5 Å². The average molecular weight is 416 g/mol. The second-order valence-electron chi connectivity index (χ2n) is 6.91. The Labute approximate surface area is 181 Å². The molecule has 0 saturated carbocycles. The summed E-state index contributed by atoms with van der Waals surface area (Å²) in [7, 11) is 0. The zero-order valence-electron chi connectivity index (χ0n) is 17.6. The van der Waals surface area contributed by atoms with Crippen LogP contribution in [0.4, 0.5) is 11.4 Å². The molecule has 0 aromatic heterocycles. The van der Waals surface area contributed by atoms with E-state index in [2.05, 4.69) is 17.2 Å². The molecule has 0 aliphatic carbocycles. The molecule has 6 heteroatoms. The lowest BCUT2D eigenvalue weighted by atomic mass is 10.1. The van der Waals surface area contributed by atoms with Gasteiger partial charge in [0.25, 0.3) is 0 Å². The third-order valence-electron chi connectivity index (χ3n) is 4.46. The largest absolute Gasteiger partial charge is 0.494 e. The van der Waals surface area contributed by atoms with Gasteiger partial charge in [-0.15, -0.1) is 0 Å². The predicted octanol–water partition coefficient (Wildman–Crippen LogP) is 6.70. The van der Waals surface area contributed by atoms with Crippen LogP contribution in [-0.4, -0.2) is 18.4 Å². The van der Waals surface area contributed by atoms with Crippen molar-refractivity contribution in [2.45, 2.75) is 26.7 Å². The summed E-state index contributed by atoms with van der Waals surface area (Å²) in [4.78, 5) is 23.6. The Kier molecular flexibility index (Phi) is 7.65. The molecule has 158 valence electrons. The number of esters is 1. The highest BCUT2D eigenvalue weighted by Crippen LogP contribution is 2.22. The second kappa shape index (κ2) is 10.8. The molecule has 0 radical (unpaired) electrons. The van der Waals surface area contributed by atoms with E-state index >= 15 is 0 Å². The van der Waals surface area contributed by atoms with Gasteiger partial charge in [0.05, 0.1) is 23.5 Å². The molecule has 0 saturated heterocycles. The van der Waals surface area contributed by atoms with Gasteiger partial charge in [0.2, 0.25) is 0 Å². The van der Waals surface area contributed by atoms with Crippen LogP contribution in [0, 0.1) is 0 Å². The number of carbonyl (C=O) groups is 2. The molecule has 0 heterocycles. The van der Waals surface area contributed by atoms with Crippen molar-refractivity contribution in [2.24, 2.45) is 10.2 Å². The third kappa shape index (κ3) is 6.60. The lowest BCUT2D eigenvalue weighted by Gasteiger charge is -2.07. The van der Waals surface area contributed by atoms with Gasteiger partial charge < -0.3 is 9.47 Å². The summed E-state index contributed by atoms with van der Waals surface area (Å²) in [6.45, 7) is 4.28. The maximum Gasteiger partial charge on any atom is 0.343 e. The molecule has 0 aliphatic heterocycles. The van der Waals surface area contributed by atoms with Crippen LogP contribution in [0.25, 0.3) is 0 Å². The van der Waals surface area contributed by atoms with Crippen molar-refractivity contribution in [2.75, 3.05) is 6.61 Å². The Bertz CT molecular complexity index is 1040. The van der Waals surface area contributed by atoms with Gasteiger partial charge in [-0.05, 0) is 86.1 Å². The van der Waals surface area contributed by atoms with Crippen LogP contribution >= 0.6 is 0 Å². The van der Waals surface area contributed by atoms with E-state index in [4.69, 9.17) is 9.47 Å². The van der Waals surface area contributed by atoms with E-state index in [9.17, 15) is 9.59 Å². The van der Waals surface area contributed by atoms with Crippen LogP contribution in [0.15, 0.2) is 83.0 Å². The summed E-state index contributed by atoms with van der Waals surface area (Å²) >= 11 is 0. The number of benzene rings is 3. The number of nitrogens with zero attached hydrogens (tertiary/aromatic N) is 2. The lowest BCUT2D eigenvalue weighted by Crippen LogP contribution is -2.08. The van der Waals surface area contributed by atoms with Crippen LogP contribution in [0.2, 0.25) is 0 Å². The van der Waals surface area contributed by atoms with Crippen molar-refractivity contribution in [1.29, 1.82) is 0 Å². The van der Waals surface area contributed by atoms with Crippen LogP contribution < -0.4 is 9.47 Å². The Balaban J connectivity index is 1.56. The Morgan fingerprint density at radius 1 is 0.742 bits per heavy atom. The van der Waals surface area contributed by atoms with Crippen LogP contribution in [-0.2, 0) is 0 Å². The summed E-state index contributed by atoms with van der Waals surface area (Å²) in [5, 5.41) is 8.30. The summed E-state index contributed by atoms with van der Waals surface area (Å²) in [6.07, 6.45) is 2.06. The molecule has 3 rings (SSSR count). The van der Waals surface area contributed by atoms with Gasteiger partial charge >= 0.3 is 5.97 Å². The highest BCUT2D eigenvalue weighted by Gasteiger charge is 2.09. The highest BCUT2D eigenvalue weighted by molar-refractivity contribution is 5.94. The van der Waals surface area contributed by atoms with Crippen molar-refractivity contribution in [3.05, 3.63) is 83.9 Å². The van der Waals surface area contributed by atoms with Crippen LogP contribution in [0.1, 0.15) is 47.4 Å². The molecule has 6 nitrogen and oxygen atoms in total. The second-order valence-corrected chi connectivity index (χ2v) is 6.91. The van der Waals surface area contributed by atoms with Crippen molar-refractivity contribution in [3.63, 3.8) is 0 Å². The predicted molar refractivity (Wildman–Crippen MR) is 119 cm³/mol. The van der Waals surface area contributed by atoms with E-state index in [1.54, 1.807) is 72.8 Å². The fourth-order valence-electron chi connectivity index (χ4n) is 2.65. The molecule has 0 fully saturated rings. The van der Waals surface area contributed by atoms with E-state index in [1.807, 2.05) is 0 Å². The molecular formula is C25H24N2O4. The highest BCUT2D eigenvalue weighted by atomic mass is 16.5. The monoisotopic (exact) mass is 416 g/mol. The number of hydrogen-bond acceptors (Lipinski definition) is 6. The minimum Gasteiger partial charge on any atom is -0.494 e. The fourth-order valence-corrected chi connectivity index (χ4v) is 2.65. The standard InChI is InChI=1S/C25H24N2O4/c1-3-4-17-30-23-13-7-20(8-14-23)25(29)31-24-15-11-22(12-16-24)27-26-21-9-5-19(6-10-21)18(2)28/h5-16H,3-4,17H2,1-2H3. The first-order valence-corrected chi connectivity index (χ1v) is 10.1. The molecule has 0 N–H and O–H groups in total. The van der Waals surface area contributed by atoms with Crippen LogP contribution in [0.3, 0.4) is 0 Å². The molecule has 0 bridgehead atoms. The molecule has 3 aromatic rings. The van der Waals surface area contributed by atoms with Crippen molar-refractivity contribution >= 4 is 23.1 Å². The Morgan fingerprint density at radius 3 is 1.81 bits per heavy atom. The van der Waals surface area contributed by atoms with Gasteiger partial charge in [-0.3, -0.25) is 4.79 Å². The van der Waals surface area contributed by atoms with Crippen molar-refractivity contribution in [1.82, 2.24) is 0 Å². The minimum absolute atomic E-state index is 0.00451. The average Bonchev–Trinajstić information content (AvgIpc) is 2.79. The molecule has 0 unspecified atom stereocenters. The summed E-state index contributed by atoms with van der Waals surface area (Å²) in [5.41, 5.74) is 2.33. The number of azo groups is 1. The zero-order chi connectivity index (χ0) is 22.1. The maximum absolute atomic E-state index is 12.3. The first-order valence-electron chi connectivity index (χ1n) is 10.1. The number of ether oxygens (including phenoxy) is 2. The minimum atomic E-state index is -0.444. The molecular weight excluding hydrogens is 392 g/mol. The smallest absolute Gasteiger partial charge is 0.343 e. The number of ketones is 1. The van der Waals surface area contributed by atoms with E-state index in [0.29, 0.717) is 34.9 Å². The maximum atomic E-state index is 12.3. The molecule has 0 amide bonds. The lowest BCUT2D eigenvalue weighted by molar-refractivity contribution is 0.0734. The van der Waals surface area contributed by atoms with Crippen LogP contribution in [0.5, 0.6) is 11.5 Å². The molecule has 0 spiro atoms. The summed E-state index contributed by atoms with van der Waals surface area (Å²) < 4.78 is 11.0. The van der Waals surface area contributed by atoms with E-state index in [1.165, 1.54) is 6.92 Å². The molecule has 3 aromatic carbocycles. The molecule has 0 atom stereocenters. The quantitative estimate of drug-likeness (QED) is 0.128. The number of unbranched alkanes of at least 4 members (excludes halogenated alkanes) is 1. The van der Waals surface area contributed by atoms with Crippen molar-refractivity contribution < 1.29 is 19.1 Å². The Hall–Kier alpha value is -3.80. The number of Topliss-reactive ketones (excluding diaryl/α,β-unsaturated/α-hetero) is 1. The number of rotatable bonds is 9. The van der Waals surface area contributed by atoms with E-state index in [-0.39, 0.29) is 5.78 Å². The first-order chi connectivity index (χ1) is 15.0. The normalized spacial score (nSPS) is 10.8. The topological polar surface area (TPSA) is 77.3 Å². The number of hydrogen-bond donors (Lipinski definition) is 0. The van der Waals surface area contributed by atoms with Gasteiger partial charge in [0.15, 0.2) is 5.78 Å². The fraction of sp³-hybridized carbons (Fsp3) is 0.200. The summed E-state index contributed by atoms with van der Waals surface area (Å²) in [6, 6.07) is 20.5. The Morgan fingerprint density at radius 2 is 1.26 bits per heavy atom. The molecule has 0 aliphatic rings. The zero-order valence-corrected chi connectivity index (χ0v) is 17.6. The van der Waals surface area contributed by atoms with E-state index < -0.39 is 5.97 Å². The third-order valence-corrected chi connectivity index (χ3v) is 4.46. The first kappa shape index (κ1) is 21.9.